The lowest BCUT2D eigenvalue weighted by Crippen LogP contribution is -2.06. The van der Waals surface area contributed by atoms with Crippen molar-refractivity contribution in [1.82, 2.24) is 0 Å². The number of carbonyl (C=O) groups excluding carboxylic acids is 1. The summed E-state index contributed by atoms with van der Waals surface area (Å²) in [7, 11) is 0. The van der Waals surface area contributed by atoms with E-state index in [1.54, 1.807) is 11.3 Å². The molecule has 1 aromatic rings. The second kappa shape index (κ2) is 4.21. The summed E-state index contributed by atoms with van der Waals surface area (Å²) in [4.78, 5) is 13.7. The first-order valence-electron chi connectivity index (χ1n) is 4.74. The molecule has 0 aromatic carbocycles. The van der Waals surface area contributed by atoms with Crippen molar-refractivity contribution in [3.8, 4) is 0 Å². The van der Waals surface area contributed by atoms with Gasteiger partial charge in [-0.2, -0.15) is 0 Å². The van der Waals surface area contributed by atoms with Gasteiger partial charge in [-0.25, -0.2) is 0 Å². The van der Waals surface area contributed by atoms with Gasteiger partial charge in [0.15, 0.2) is 5.78 Å². The zero-order chi connectivity index (χ0) is 9.97. The van der Waals surface area contributed by atoms with Crippen molar-refractivity contribution < 1.29 is 9.53 Å². The van der Waals surface area contributed by atoms with E-state index >= 15 is 0 Å². The smallest absolute Gasteiger partial charge is 0.174 e. The molecule has 0 saturated heterocycles. The Hall–Kier alpha value is -0.710. The van der Waals surface area contributed by atoms with Crippen LogP contribution in [-0.4, -0.2) is 18.9 Å². The van der Waals surface area contributed by atoms with Gasteiger partial charge in [-0.05, 0) is 18.2 Å². The fourth-order valence-electron chi connectivity index (χ4n) is 1.54. The van der Waals surface area contributed by atoms with E-state index in [-0.39, 0.29) is 5.78 Å². The summed E-state index contributed by atoms with van der Waals surface area (Å²) in [6.07, 6.45) is 1.39. The number of Topliss-reactive ketones (excluding diaryl/α,β-unsaturated/α-hetero) is 1. The van der Waals surface area contributed by atoms with Crippen LogP contribution in [0.15, 0.2) is 6.07 Å². The zero-order valence-electron chi connectivity index (χ0n) is 7.91. The first-order chi connectivity index (χ1) is 6.81. The van der Waals surface area contributed by atoms with Gasteiger partial charge in [0.05, 0.1) is 18.1 Å². The van der Waals surface area contributed by atoms with Crippen LogP contribution in [0.3, 0.4) is 0 Å². The van der Waals surface area contributed by atoms with E-state index in [4.69, 9.17) is 10.5 Å². The first kappa shape index (κ1) is 9.83. The van der Waals surface area contributed by atoms with Crippen molar-refractivity contribution in [3.05, 3.63) is 21.4 Å². The Morgan fingerprint density at radius 2 is 2.50 bits per heavy atom. The third kappa shape index (κ3) is 1.87. The first-order valence-corrected chi connectivity index (χ1v) is 5.55. The van der Waals surface area contributed by atoms with Gasteiger partial charge in [0.1, 0.15) is 0 Å². The van der Waals surface area contributed by atoms with Crippen molar-refractivity contribution in [1.29, 1.82) is 0 Å². The van der Waals surface area contributed by atoms with Crippen molar-refractivity contribution in [2.75, 3.05) is 13.2 Å². The number of ketones is 1. The van der Waals surface area contributed by atoms with Crippen LogP contribution >= 0.6 is 11.3 Å². The predicted molar refractivity (Wildman–Crippen MR) is 55.7 cm³/mol. The molecule has 1 aromatic heterocycles. The Bertz CT molecular complexity index is 322. The van der Waals surface area contributed by atoms with Crippen LogP contribution < -0.4 is 5.73 Å². The van der Waals surface area contributed by atoms with Crippen LogP contribution in [0, 0.1) is 0 Å². The van der Waals surface area contributed by atoms with Crippen LogP contribution in [0.5, 0.6) is 0 Å². The van der Waals surface area contributed by atoms with Gasteiger partial charge in [0.25, 0.3) is 0 Å². The SMILES string of the molecule is NCCC(=O)c1cc2c(s1)CCOC2. The highest BCUT2D eigenvalue weighted by molar-refractivity contribution is 7.14. The van der Waals surface area contributed by atoms with Crippen molar-refractivity contribution in [2.24, 2.45) is 5.73 Å². The summed E-state index contributed by atoms with van der Waals surface area (Å²) >= 11 is 1.60. The zero-order valence-corrected chi connectivity index (χ0v) is 8.73. The molecule has 0 spiro atoms. The number of ether oxygens (including phenoxy) is 1. The van der Waals surface area contributed by atoms with Gasteiger partial charge in [-0.1, -0.05) is 0 Å². The summed E-state index contributed by atoms with van der Waals surface area (Å²) < 4.78 is 5.32. The monoisotopic (exact) mass is 211 g/mol. The molecule has 3 nitrogen and oxygen atoms in total. The summed E-state index contributed by atoms with van der Waals surface area (Å²) in [5, 5.41) is 0. The summed E-state index contributed by atoms with van der Waals surface area (Å²) in [6.45, 7) is 1.86. The number of hydrogen-bond donors (Lipinski definition) is 1. The lowest BCUT2D eigenvalue weighted by molar-refractivity contribution is 0.0988. The van der Waals surface area contributed by atoms with E-state index < -0.39 is 0 Å². The van der Waals surface area contributed by atoms with E-state index in [1.807, 2.05) is 6.07 Å². The Balaban J connectivity index is 2.19. The molecule has 2 N–H and O–H groups in total. The fourth-order valence-corrected chi connectivity index (χ4v) is 2.66. The molecule has 0 fully saturated rings. The average molecular weight is 211 g/mol. The van der Waals surface area contributed by atoms with Gasteiger partial charge in [-0.15, -0.1) is 11.3 Å². The molecule has 0 saturated carbocycles. The standard InChI is InChI=1S/C10H13NO2S/c11-3-1-8(12)10-5-7-6-13-4-2-9(7)14-10/h5H,1-4,6,11H2. The quantitative estimate of drug-likeness (QED) is 0.768. The Kier molecular flexibility index (Phi) is 2.96. The molecular formula is C10H13NO2S. The number of hydrogen-bond acceptors (Lipinski definition) is 4. The molecule has 0 amide bonds. The van der Waals surface area contributed by atoms with Crippen LogP contribution in [0.25, 0.3) is 0 Å². The van der Waals surface area contributed by atoms with Crippen molar-refractivity contribution >= 4 is 17.1 Å². The molecule has 0 radical (unpaired) electrons. The van der Waals surface area contributed by atoms with Crippen LogP contribution in [0.1, 0.15) is 26.5 Å². The summed E-state index contributed by atoms with van der Waals surface area (Å²) in [5.41, 5.74) is 6.53. The number of nitrogens with two attached hydrogens (primary N) is 1. The molecular weight excluding hydrogens is 198 g/mol. The highest BCUT2D eigenvalue weighted by atomic mass is 32.1. The second-order valence-electron chi connectivity index (χ2n) is 3.32. The minimum Gasteiger partial charge on any atom is -0.376 e. The molecule has 2 heterocycles. The molecule has 1 aliphatic rings. The molecule has 0 atom stereocenters. The van der Waals surface area contributed by atoms with Crippen molar-refractivity contribution in [2.45, 2.75) is 19.4 Å². The van der Waals surface area contributed by atoms with E-state index in [0.29, 0.717) is 19.6 Å². The number of thiophene rings is 1. The summed E-state index contributed by atoms with van der Waals surface area (Å²) in [5.74, 6) is 0.159. The normalized spacial score (nSPS) is 15.2. The lowest BCUT2D eigenvalue weighted by atomic mass is 10.1. The maximum Gasteiger partial charge on any atom is 0.174 e. The third-order valence-corrected chi connectivity index (χ3v) is 3.55. The Morgan fingerprint density at radius 3 is 3.21 bits per heavy atom. The molecule has 0 aliphatic carbocycles. The fraction of sp³-hybridized carbons (Fsp3) is 0.500. The van der Waals surface area contributed by atoms with Crippen LogP contribution in [-0.2, 0) is 17.8 Å². The third-order valence-electron chi connectivity index (χ3n) is 2.27. The van der Waals surface area contributed by atoms with E-state index in [0.717, 1.165) is 17.9 Å². The molecule has 0 unspecified atom stereocenters. The largest absolute Gasteiger partial charge is 0.376 e. The highest BCUT2D eigenvalue weighted by Crippen LogP contribution is 2.27. The maximum atomic E-state index is 11.6. The van der Waals surface area contributed by atoms with Gasteiger partial charge in [-0.3, -0.25) is 4.79 Å². The second-order valence-corrected chi connectivity index (χ2v) is 4.46. The molecule has 1 aliphatic heterocycles. The number of fused-ring (bicyclic) bond motifs is 1. The van der Waals surface area contributed by atoms with E-state index in [1.165, 1.54) is 10.4 Å². The maximum absolute atomic E-state index is 11.6. The average Bonchev–Trinajstić information content (AvgIpc) is 2.61. The molecule has 0 bridgehead atoms. The van der Waals surface area contributed by atoms with Gasteiger partial charge >= 0.3 is 0 Å². The highest BCUT2D eigenvalue weighted by Gasteiger charge is 2.16. The molecule has 76 valence electrons. The molecule has 4 heteroatoms. The topological polar surface area (TPSA) is 52.3 Å². The molecule has 14 heavy (non-hydrogen) atoms. The number of carbonyl (C=O) groups is 1. The molecule has 2 rings (SSSR count). The Labute approximate surface area is 86.9 Å². The lowest BCUT2D eigenvalue weighted by Gasteiger charge is -2.10. The van der Waals surface area contributed by atoms with Crippen molar-refractivity contribution in [3.63, 3.8) is 0 Å². The van der Waals surface area contributed by atoms with Crippen LogP contribution in [0.2, 0.25) is 0 Å². The minimum atomic E-state index is 0.159. The minimum absolute atomic E-state index is 0.159. The predicted octanol–water partition coefficient (Wildman–Crippen LogP) is 1.35. The number of rotatable bonds is 3. The van der Waals surface area contributed by atoms with Gasteiger partial charge in [0.2, 0.25) is 0 Å². The van der Waals surface area contributed by atoms with E-state index in [2.05, 4.69) is 0 Å². The van der Waals surface area contributed by atoms with E-state index in [9.17, 15) is 4.79 Å². The van der Waals surface area contributed by atoms with Gasteiger partial charge in [0, 0.05) is 17.7 Å². The van der Waals surface area contributed by atoms with Gasteiger partial charge < -0.3 is 10.5 Å². The summed E-state index contributed by atoms with van der Waals surface area (Å²) in [6, 6.07) is 1.96. The Morgan fingerprint density at radius 1 is 1.64 bits per heavy atom. The van der Waals surface area contributed by atoms with Crippen LogP contribution in [0.4, 0.5) is 0 Å².